The lowest BCUT2D eigenvalue weighted by atomic mass is 10.1. The van der Waals surface area contributed by atoms with Crippen molar-refractivity contribution in [3.05, 3.63) is 62.0 Å². The molecular formula is C15H13BrN2O3. The quantitative estimate of drug-likeness (QED) is 0.891. The van der Waals surface area contributed by atoms with Crippen molar-refractivity contribution in [1.29, 1.82) is 0 Å². The summed E-state index contributed by atoms with van der Waals surface area (Å²) in [5.74, 6) is 0.434. The fraction of sp³-hybridized carbons (Fsp3) is 0.200. The molecule has 0 atom stereocenters. The first-order chi connectivity index (χ1) is 10.1. The van der Waals surface area contributed by atoms with Gasteiger partial charge in [0.2, 0.25) is 0 Å². The molecule has 0 unspecified atom stereocenters. The predicted octanol–water partition coefficient (Wildman–Crippen LogP) is 2.00. The molecule has 2 heterocycles. The van der Waals surface area contributed by atoms with E-state index in [1.54, 1.807) is 6.07 Å². The van der Waals surface area contributed by atoms with Crippen LogP contribution in [0.25, 0.3) is 0 Å². The van der Waals surface area contributed by atoms with Crippen LogP contribution in [0.4, 0.5) is 0 Å². The molecule has 5 nitrogen and oxygen atoms in total. The normalized spacial score (nSPS) is 12.6. The molecule has 0 saturated heterocycles. The monoisotopic (exact) mass is 348 g/mol. The Hall–Kier alpha value is -2.08. The summed E-state index contributed by atoms with van der Waals surface area (Å²) in [6.45, 7) is 0.972. The third-order valence-electron chi connectivity index (χ3n) is 3.33. The molecule has 0 spiro atoms. The first-order valence-corrected chi connectivity index (χ1v) is 7.34. The topological polar surface area (TPSA) is 71.2 Å². The van der Waals surface area contributed by atoms with Gasteiger partial charge >= 0.3 is 0 Å². The molecule has 2 aromatic rings. The third-order valence-corrected chi connectivity index (χ3v) is 3.79. The summed E-state index contributed by atoms with van der Waals surface area (Å²) in [6.07, 6.45) is 2.36. The van der Waals surface area contributed by atoms with E-state index in [1.165, 1.54) is 12.3 Å². The molecule has 0 aliphatic carbocycles. The average molecular weight is 349 g/mol. The summed E-state index contributed by atoms with van der Waals surface area (Å²) in [5, 5.41) is 2.75. The summed E-state index contributed by atoms with van der Waals surface area (Å²) in [6, 6.07) is 7.06. The van der Waals surface area contributed by atoms with Gasteiger partial charge in [-0.3, -0.25) is 9.59 Å². The van der Waals surface area contributed by atoms with Crippen molar-refractivity contribution in [3.8, 4) is 5.75 Å². The SMILES string of the molecule is O=C(NCc1cc(Br)cc2c1OCC2)c1ccc[nH]c1=O. The van der Waals surface area contributed by atoms with Gasteiger partial charge in [-0.05, 0) is 29.8 Å². The summed E-state index contributed by atoms with van der Waals surface area (Å²) < 4.78 is 6.56. The summed E-state index contributed by atoms with van der Waals surface area (Å²) in [5.41, 5.74) is 1.74. The molecule has 0 fully saturated rings. The summed E-state index contributed by atoms with van der Waals surface area (Å²) in [4.78, 5) is 26.1. The van der Waals surface area contributed by atoms with Crippen molar-refractivity contribution in [2.24, 2.45) is 0 Å². The standard InChI is InChI=1S/C15H13BrN2O3/c16-11-6-9-3-5-21-13(9)10(7-11)8-18-15(20)12-2-1-4-17-14(12)19/h1-2,4,6-7H,3,5,8H2,(H,17,19)(H,18,20). The van der Waals surface area contributed by atoms with E-state index in [0.29, 0.717) is 13.2 Å². The van der Waals surface area contributed by atoms with Crippen molar-refractivity contribution in [3.63, 3.8) is 0 Å². The molecule has 1 aromatic heterocycles. The van der Waals surface area contributed by atoms with Crippen LogP contribution in [0.2, 0.25) is 0 Å². The van der Waals surface area contributed by atoms with Gasteiger partial charge in [-0.15, -0.1) is 0 Å². The van der Waals surface area contributed by atoms with Gasteiger partial charge in [-0.1, -0.05) is 15.9 Å². The van der Waals surface area contributed by atoms with Gasteiger partial charge in [0.25, 0.3) is 11.5 Å². The van der Waals surface area contributed by atoms with Gasteiger partial charge in [0.1, 0.15) is 11.3 Å². The maximum atomic E-state index is 12.0. The Bertz CT molecular complexity index is 755. The van der Waals surface area contributed by atoms with E-state index < -0.39 is 11.5 Å². The van der Waals surface area contributed by atoms with Gasteiger partial charge < -0.3 is 15.0 Å². The van der Waals surface area contributed by atoms with Crippen LogP contribution in [0.5, 0.6) is 5.75 Å². The lowest BCUT2D eigenvalue weighted by molar-refractivity contribution is 0.0949. The van der Waals surface area contributed by atoms with E-state index in [2.05, 4.69) is 26.2 Å². The minimum atomic E-state index is -0.399. The highest BCUT2D eigenvalue weighted by Gasteiger charge is 2.18. The van der Waals surface area contributed by atoms with Crippen LogP contribution in [-0.4, -0.2) is 17.5 Å². The van der Waals surface area contributed by atoms with E-state index >= 15 is 0 Å². The third kappa shape index (κ3) is 2.85. The number of amides is 1. The van der Waals surface area contributed by atoms with Gasteiger partial charge in [0, 0.05) is 29.2 Å². The Kier molecular flexibility index (Phi) is 3.79. The number of benzene rings is 1. The van der Waals surface area contributed by atoms with Crippen LogP contribution < -0.4 is 15.6 Å². The van der Waals surface area contributed by atoms with E-state index in [0.717, 1.165) is 27.8 Å². The maximum Gasteiger partial charge on any atom is 0.260 e. The molecule has 1 aliphatic rings. The lowest BCUT2D eigenvalue weighted by Crippen LogP contribution is -2.29. The molecular weight excluding hydrogens is 336 g/mol. The van der Waals surface area contributed by atoms with Crippen LogP contribution >= 0.6 is 15.9 Å². The Morgan fingerprint density at radius 2 is 2.29 bits per heavy atom. The molecule has 108 valence electrons. The Balaban J connectivity index is 1.79. The Labute approximate surface area is 129 Å². The van der Waals surface area contributed by atoms with Gasteiger partial charge in [-0.25, -0.2) is 0 Å². The molecule has 0 bridgehead atoms. The number of carbonyl (C=O) groups is 1. The van der Waals surface area contributed by atoms with Gasteiger partial charge in [-0.2, -0.15) is 0 Å². The molecule has 6 heteroatoms. The second kappa shape index (κ2) is 5.73. The Morgan fingerprint density at radius 1 is 1.43 bits per heavy atom. The number of hydrogen-bond acceptors (Lipinski definition) is 3. The van der Waals surface area contributed by atoms with Crippen molar-refractivity contribution >= 4 is 21.8 Å². The van der Waals surface area contributed by atoms with Crippen LogP contribution in [-0.2, 0) is 13.0 Å². The fourth-order valence-electron chi connectivity index (χ4n) is 2.35. The van der Waals surface area contributed by atoms with Crippen molar-refractivity contribution in [1.82, 2.24) is 10.3 Å². The zero-order chi connectivity index (χ0) is 14.8. The van der Waals surface area contributed by atoms with Gasteiger partial charge in [0.05, 0.1) is 6.61 Å². The second-order valence-corrected chi connectivity index (χ2v) is 5.66. The second-order valence-electron chi connectivity index (χ2n) is 4.75. The molecule has 21 heavy (non-hydrogen) atoms. The maximum absolute atomic E-state index is 12.0. The number of H-pyrrole nitrogens is 1. The molecule has 2 N–H and O–H groups in total. The number of aromatic nitrogens is 1. The van der Waals surface area contributed by atoms with E-state index in [1.807, 2.05) is 12.1 Å². The molecule has 0 radical (unpaired) electrons. The van der Waals surface area contributed by atoms with Crippen molar-refractivity contribution in [2.75, 3.05) is 6.61 Å². The van der Waals surface area contributed by atoms with Gasteiger partial charge in [0.15, 0.2) is 0 Å². The number of aromatic amines is 1. The zero-order valence-electron chi connectivity index (χ0n) is 11.1. The number of carbonyl (C=O) groups excluding carboxylic acids is 1. The minimum Gasteiger partial charge on any atom is -0.493 e. The number of fused-ring (bicyclic) bond motifs is 1. The smallest absolute Gasteiger partial charge is 0.260 e. The van der Waals surface area contributed by atoms with Crippen LogP contribution in [0, 0.1) is 0 Å². The number of halogens is 1. The molecule has 3 rings (SSSR count). The minimum absolute atomic E-state index is 0.102. The number of ether oxygens (including phenoxy) is 1. The fourth-order valence-corrected chi connectivity index (χ4v) is 2.90. The number of pyridine rings is 1. The molecule has 0 saturated carbocycles. The van der Waals surface area contributed by atoms with Crippen molar-refractivity contribution < 1.29 is 9.53 Å². The first kappa shape index (κ1) is 13.9. The van der Waals surface area contributed by atoms with E-state index in [4.69, 9.17) is 4.74 Å². The summed E-state index contributed by atoms with van der Waals surface area (Å²) >= 11 is 3.46. The zero-order valence-corrected chi connectivity index (χ0v) is 12.7. The van der Waals surface area contributed by atoms with Crippen LogP contribution in [0.1, 0.15) is 21.5 Å². The first-order valence-electron chi connectivity index (χ1n) is 6.55. The van der Waals surface area contributed by atoms with Crippen LogP contribution in [0.3, 0.4) is 0 Å². The summed E-state index contributed by atoms with van der Waals surface area (Å²) in [7, 11) is 0. The number of hydrogen-bond donors (Lipinski definition) is 2. The Morgan fingerprint density at radius 3 is 3.10 bits per heavy atom. The molecule has 1 aromatic carbocycles. The number of rotatable bonds is 3. The van der Waals surface area contributed by atoms with E-state index in [-0.39, 0.29) is 5.56 Å². The average Bonchev–Trinajstić information content (AvgIpc) is 2.93. The largest absolute Gasteiger partial charge is 0.493 e. The van der Waals surface area contributed by atoms with Crippen LogP contribution in [0.15, 0.2) is 39.7 Å². The lowest BCUT2D eigenvalue weighted by Gasteiger charge is -2.10. The predicted molar refractivity (Wildman–Crippen MR) is 81.6 cm³/mol. The molecule has 1 amide bonds. The number of nitrogens with one attached hydrogen (secondary N) is 2. The highest BCUT2D eigenvalue weighted by molar-refractivity contribution is 9.10. The highest BCUT2D eigenvalue weighted by atomic mass is 79.9. The van der Waals surface area contributed by atoms with E-state index in [9.17, 15) is 9.59 Å². The molecule has 1 aliphatic heterocycles. The highest BCUT2D eigenvalue weighted by Crippen LogP contribution is 2.32. The van der Waals surface area contributed by atoms with Crippen molar-refractivity contribution in [2.45, 2.75) is 13.0 Å².